The summed E-state index contributed by atoms with van der Waals surface area (Å²) in [6.07, 6.45) is 0.904. The van der Waals surface area contributed by atoms with Gasteiger partial charge in [0.2, 0.25) is 11.8 Å². The van der Waals surface area contributed by atoms with Crippen LogP contribution in [0.4, 0.5) is 10.1 Å². The fourth-order valence-corrected chi connectivity index (χ4v) is 6.35. The maximum Gasteiger partial charge on any atom is 0.264 e. The summed E-state index contributed by atoms with van der Waals surface area (Å²) in [5.74, 6) is -1.53. The predicted octanol–water partition coefficient (Wildman–Crippen LogP) is 6.15. The van der Waals surface area contributed by atoms with Crippen molar-refractivity contribution in [2.75, 3.05) is 17.4 Å². The largest absolute Gasteiger partial charge is 0.354 e. The topological polar surface area (TPSA) is 86.8 Å². The van der Waals surface area contributed by atoms with E-state index in [2.05, 4.69) is 5.32 Å². The van der Waals surface area contributed by atoms with E-state index in [1.54, 1.807) is 48.5 Å². The Morgan fingerprint density at radius 1 is 0.886 bits per heavy atom. The standard InChI is InChI=1S/C34H35ClFN3O4S/c1-3-20-37-34(41)32(22-26-8-5-4-6-9-26)38(23-27-10-7-11-28(35)21-27)33(40)24-39(30-16-12-25(2)13-17-30)44(42,43)31-18-14-29(36)15-19-31/h4-19,21,32H,3,20,22-24H2,1-2H3,(H,37,41)/t32-/m0/s1. The number of hydrogen-bond acceptors (Lipinski definition) is 4. The summed E-state index contributed by atoms with van der Waals surface area (Å²) in [4.78, 5) is 29.3. The van der Waals surface area contributed by atoms with Crippen LogP contribution >= 0.6 is 11.6 Å². The highest BCUT2D eigenvalue weighted by Gasteiger charge is 2.34. The number of carbonyl (C=O) groups excluding carboxylic acids is 2. The van der Waals surface area contributed by atoms with Crippen molar-refractivity contribution in [2.24, 2.45) is 0 Å². The van der Waals surface area contributed by atoms with Gasteiger partial charge in [0.15, 0.2) is 0 Å². The van der Waals surface area contributed by atoms with Gasteiger partial charge in [-0.2, -0.15) is 0 Å². The van der Waals surface area contributed by atoms with Crippen LogP contribution in [0.2, 0.25) is 5.02 Å². The molecule has 4 aromatic rings. The summed E-state index contributed by atoms with van der Waals surface area (Å²) in [5.41, 5.74) is 2.67. The van der Waals surface area contributed by atoms with Gasteiger partial charge in [-0.3, -0.25) is 13.9 Å². The molecule has 0 radical (unpaired) electrons. The first-order valence-corrected chi connectivity index (χ1v) is 16.1. The van der Waals surface area contributed by atoms with E-state index in [0.29, 0.717) is 23.6 Å². The lowest BCUT2D eigenvalue weighted by Crippen LogP contribution is -2.53. The minimum atomic E-state index is -4.31. The van der Waals surface area contributed by atoms with E-state index >= 15 is 0 Å². The molecule has 0 aromatic heterocycles. The lowest BCUT2D eigenvalue weighted by molar-refractivity contribution is -0.140. The Labute approximate surface area is 263 Å². The number of halogens is 2. The lowest BCUT2D eigenvalue weighted by atomic mass is 10.0. The van der Waals surface area contributed by atoms with Crippen LogP contribution in [0.25, 0.3) is 0 Å². The van der Waals surface area contributed by atoms with Crippen molar-refractivity contribution >= 4 is 39.1 Å². The van der Waals surface area contributed by atoms with Gasteiger partial charge in [0, 0.05) is 24.5 Å². The Morgan fingerprint density at radius 2 is 1.55 bits per heavy atom. The summed E-state index contributed by atoms with van der Waals surface area (Å²) < 4.78 is 42.6. The zero-order valence-corrected chi connectivity index (χ0v) is 26.2. The second-order valence-corrected chi connectivity index (χ2v) is 12.7. The third-order valence-electron chi connectivity index (χ3n) is 7.06. The van der Waals surface area contributed by atoms with Gasteiger partial charge in [0.05, 0.1) is 10.6 Å². The van der Waals surface area contributed by atoms with E-state index in [1.807, 2.05) is 44.2 Å². The van der Waals surface area contributed by atoms with Crippen molar-refractivity contribution in [1.29, 1.82) is 0 Å². The van der Waals surface area contributed by atoms with Crippen LogP contribution in [0.3, 0.4) is 0 Å². The van der Waals surface area contributed by atoms with Crippen LogP contribution in [0.1, 0.15) is 30.0 Å². The van der Waals surface area contributed by atoms with E-state index in [4.69, 9.17) is 11.6 Å². The Hall–Kier alpha value is -4.21. The van der Waals surface area contributed by atoms with Crippen molar-refractivity contribution in [3.63, 3.8) is 0 Å². The summed E-state index contributed by atoms with van der Waals surface area (Å²) in [7, 11) is -4.31. The molecule has 4 aromatic carbocycles. The molecule has 1 N–H and O–H groups in total. The van der Waals surface area contributed by atoms with Gasteiger partial charge in [-0.15, -0.1) is 0 Å². The molecule has 0 aliphatic rings. The number of hydrogen-bond donors (Lipinski definition) is 1. The molecule has 44 heavy (non-hydrogen) atoms. The molecule has 0 unspecified atom stereocenters. The number of carbonyl (C=O) groups is 2. The van der Waals surface area contributed by atoms with Crippen molar-refractivity contribution in [3.8, 4) is 0 Å². The van der Waals surface area contributed by atoms with Gasteiger partial charge in [0.1, 0.15) is 18.4 Å². The first kappa shape index (κ1) is 32.7. The van der Waals surface area contributed by atoms with Crippen LogP contribution in [0, 0.1) is 12.7 Å². The molecule has 0 saturated heterocycles. The normalized spacial score (nSPS) is 11.9. The van der Waals surface area contributed by atoms with E-state index in [0.717, 1.165) is 39.7 Å². The van der Waals surface area contributed by atoms with Crippen molar-refractivity contribution in [1.82, 2.24) is 10.2 Å². The molecule has 0 aliphatic carbocycles. The first-order valence-electron chi connectivity index (χ1n) is 14.3. The van der Waals surface area contributed by atoms with Crippen molar-refractivity contribution in [2.45, 2.75) is 44.2 Å². The highest BCUT2D eigenvalue weighted by molar-refractivity contribution is 7.92. The molecular weight excluding hydrogens is 601 g/mol. The number of benzene rings is 4. The molecule has 0 aliphatic heterocycles. The maximum absolute atomic E-state index is 14.4. The maximum atomic E-state index is 14.4. The zero-order valence-electron chi connectivity index (χ0n) is 24.6. The minimum absolute atomic E-state index is 0.00870. The van der Waals surface area contributed by atoms with Crippen LogP contribution in [0.15, 0.2) is 108 Å². The third kappa shape index (κ3) is 8.45. The highest BCUT2D eigenvalue weighted by Crippen LogP contribution is 2.26. The zero-order chi connectivity index (χ0) is 31.7. The number of nitrogens with zero attached hydrogens (tertiary/aromatic N) is 2. The fourth-order valence-electron chi connectivity index (χ4n) is 4.73. The van der Waals surface area contributed by atoms with Gasteiger partial charge in [-0.05, 0) is 73.0 Å². The van der Waals surface area contributed by atoms with Crippen molar-refractivity contribution in [3.05, 3.63) is 131 Å². The average molecular weight is 636 g/mol. The summed E-state index contributed by atoms with van der Waals surface area (Å²) >= 11 is 6.27. The van der Waals surface area contributed by atoms with Crippen LogP contribution in [-0.4, -0.2) is 44.3 Å². The third-order valence-corrected chi connectivity index (χ3v) is 9.09. The number of aryl methyl sites for hydroxylation is 1. The number of amides is 2. The van der Waals surface area contributed by atoms with Gasteiger partial charge < -0.3 is 10.2 Å². The molecule has 0 saturated carbocycles. The highest BCUT2D eigenvalue weighted by atomic mass is 35.5. The quantitative estimate of drug-likeness (QED) is 0.191. The van der Waals surface area contributed by atoms with E-state index in [1.165, 1.54) is 4.90 Å². The number of rotatable bonds is 13. The molecule has 4 rings (SSSR count). The Balaban J connectivity index is 1.79. The molecule has 0 bridgehead atoms. The molecule has 1 atom stereocenters. The summed E-state index contributed by atoms with van der Waals surface area (Å²) in [6.45, 7) is 3.62. The van der Waals surface area contributed by atoms with Crippen LogP contribution < -0.4 is 9.62 Å². The number of nitrogens with one attached hydrogen (secondary N) is 1. The SMILES string of the molecule is CCCNC(=O)[C@H](Cc1ccccc1)N(Cc1cccc(Cl)c1)C(=O)CN(c1ccc(C)cc1)S(=O)(=O)c1ccc(F)cc1. The molecule has 2 amide bonds. The van der Waals surface area contributed by atoms with E-state index in [-0.39, 0.29) is 29.5 Å². The minimum Gasteiger partial charge on any atom is -0.354 e. The Kier molecular flexibility index (Phi) is 11.1. The fraction of sp³-hybridized carbons (Fsp3) is 0.235. The Morgan fingerprint density at radius 3 is 2.18 bits per heavy atom. The van der Waals surface area contributed by atoms with Crippen molar-refractivity contribution < 1.29 is 22.4 Å². The van der Waals surface area contributed by atoms with Gasteiger partial charge in [0.25, 0.3) is 10.0 Å². The van der Waals surface area contributed by atoms with E-state index in [9.17, 15) is 22.4 Å². The van der Waals surface area contributed by atoms with Gasteiger partial charge >= 0.3 is 0 Å². The summed E-state index contributed by atoms with van der Waals surface area (Å²) in [6, 6.07) is 26.5. The number of anilines is 1. The molecular formula is C34H35ClFN3O4S. The van der Waals surface area contributed by atoms with Crippen LogP contribution in [0.5, 0.6) is 0 Å². The second-order valence-electron chi connectivity index (χ2n) is 10.4. The molecule has 0 spiro atoms. The molecule has 0 fully saturated rings. The second kappa shape index (κ2) is 15.0. The lowest BCUT2D eigenvalue weighted by Gasteiger charge is -2.34. The molecule has 7 nitrogen and oxygen atoms in total. The molecule has 0 heterocycles. The average Bonchev–Trinajstić information content (AvgIpc) is 3.01. The monoisotopic (exact) mass is 635 g/mol. The molecule has 10 heteroatoms. The smallest absolute Gasteiger partial charge is 0.264 e. The van der Waals surface area contributed by atoms with Gasteiger partial charge in [-0.25, -0.2) is 12.8 Å². The van der Waals surface area contributed by atoms with E-state index < -0.39 is 34.3 Å². The first-order chi connectivity index (χ1) is 21.1. The predicted molar refractivity (Wildman–Crippen MR) is 171 cm³/mol. The number of sulfonamides is 1. The van der Waals surface area contributed by atoms with Crippen LogP contribution in [-0.2, 0) is 32.6 Å². The Bertz CT molecular complexity index is 1670. The summed E-state index contributed by atoms with van der Waals surface area (Å²) in [5, 5.41) is 3.37. The van der Waals surface area contributed by atoms with Gasteiger partial charge in [-0.1, -0.05) is 78.7 Å². The molecule has 230 valence electrons.